The molecule has 1 rings (SSSR count). The molecule has 2 unspecified atom stereocenters. The summed E-state index contributed by atoms with van der Waals surface area (Å²) in [6.07, 6.45) is 0.869. The van der Waals surface area contributed by atoms with Crippen LogP contribution in [0.5, 0.6) is 0 Å². The SMILES string of the molecule is CCOC(C(Cc1ccc(Cl)cc1)NN)C(C)(C)C. The van der Waals surface area contributed by atoms with E-state index in [1.165, 1.54) is 5.56 Å². The van der Waals surface area contributed by atoms with Crippen LogP contribution in [0.2, 0.25) is 5.02 Å². The number of nitrogens with one attached hydrogen (secondary N) is 1. The molecule has 108 valence electrons. The Bertz CT molecular complexity index is 373. The van der Waals surface area contributed by atoms with Gasteiger partial charge in [-0.3, -0.25) is 11.3 Å². The van der Waals surface area contributed by atoms with Gasteiger partial charge in [0.25, 0.3) is 0 Å². The number of hydrogen-bond donors (Lipinski definition) is 2. The standard InChI is InChI=1S/C15H25ClN2O/c1-5-19-14(15(2,3)4)13(18-17)10-11-6-8-12(16)9-7-11/h6-9,13-14,18H,5,10,17H2,1-4H3. The van der Waals surface area contributed by atoms with Crippen molar-refractivity contribution in [3.63, 3.8) is 0 Å². The number of hydrazine groups is 1. The molecule has 0 aromatic heterocycles. The Morgan fingerprint density at radius 1 is 1.26 bits per heavy atom. The maximum absolute atomic E-state index is 5.90. The summed E-state index contributed by atoms with van der Waals surface area (Å²) in [4.78, 5) is 0. The summed E-state index contributed by atoms with van der Waals surface area (Å²) in [5.41, 5.74) is 4.12. The van der Waals surface area contributed by atoms with Crippen molar-refractivity contribution in [3.05, 3.63) is 34.9 Å². The average Bonchev–Trinajstić information content (AvgIpc) is 2.34. The second-order valence-electron chi connectivity index (χ2n) is 5.85. The number of nitrogens with two attached hydrogens (primary N) is 1. The molecule has 2 atom stereocenters. The van der Waals surface area contributed by atoms with Crippen LogP contribution in [-0.2, 0) is 11.2 Å². The van der Waals surface area contributed by atoms with Gasteiger partial charge in [0.1, 0.15) is 0 Å². The zero-order valence-corrected chi connectivity index (χ0v) is 13.0. The Morgan fingerprint density at radius 2 is 1.84 bits per heavy atom. The number of ether oxygens (including phenoxy) is 1. The first-order chi connectivity index (χ1) is 8.88. The monoisotopic (exact) mass is 284 g/mol. The van der Waals surface area contributed by atoms with E-state index < -0.39 is 0 Å². The minimum absolute atomic E-state index is 0.0273. The molecular formula is C15H25ClN2O. The van der Waals surface area contributed by atoms with Crippen molar-refractivity contribution in [1.29, 1.82) is 0 Å². The summed E-state index contributed by atoms with van der Waals surface area (Å²) in [7, 11) is 0. The van der Waals surface area contributed by atoms with Gasteiger partial charge in [-0.05, 0) is 36.5 Å². The smallest absolute Gasteiger partial charge is 0.0792 e. The van der Waals surface area contributed by atoms with Crippen molar-refractivity contribution in [3.8, 4) is 0 Å². The van der Waals surface area contributed by atoms with E-state index in [0.717, 1.165) is 11.4 Å². The lowest BCUT2D eigenvalue weighted by Gasteiger charge is -2.36. The number of halogens is 1. The topological polar surface area (TPSA) is 47.3 Å². The maximum Gasteiger partial charge on any atom is 0.0792 e. The fraction of sp³-hybridized carbons (Fsp3) is 0.600. The molecule has 0 aliphatic carbocycles. The summed E-state index contributed by atoms with van der Waals surface area (Å²) in [6.45, 7) is 9.19. The average molecular weight is 285 g/mol. The molecule has 0 bridgehead atoms. The Kier molecular flexibility index (Phi) is 6.27. The van der Waals surface area contributed by atoms with Crippen molar-refractivity contribution in [2.45, 2.75) is 46.3 Å². The Balaban J connectivity index is 2.82. The maximum atomic E-state index is 5.90. The molecule has 1 aromatic rings. The van der Waals surface area contributed by atoms with E-state index in [1.807, 2.05) is 31.2 Å². The van der Waals surface area contributed by atoms with Gasteiger partial charge in [0.15, 0.2) is 0 Å². The van der Waals surface area contributed by atoms with Crippen LogP contribution in [0, 0.1) is 5.41 Å². The lowest BCUT2D eigenvalue weighted by atomic mass is 9.82. The van der Waals surface area contributed by atoms with Crippen molar-refractivity contribution in [2.24, 2.45) is 11.3 Å². The molecule has 0 aliphatic rings. The molecule has 0 fully saturated rings. The minimum Gasteiger partial charge on any atom is -0.376 e. The van der Waals surface area contributed by atoms with Gasteiger partial charge in [-0.15, -0.1) is 0 Å². The lowest BCUT2D eigenvalue weighted by Crippen LogP contribution is -2.52. The predicted molar refractivity (Wildman–Crippen MR) is 81.1 cm³/mol. The number of benzene rings is 1. The highest BCUT2D eigenvalue weighted by atomic mass is 35.5. The largest absolute Gasteiger partial charge is 0.376 e. The zero-order chi connectivity index (χ0) is 14.5. The van der Waals surface area contributed by atoms with Gasteiger partial charge < -0.3 is 4.74 Å². The Morgan fingerprint density at radius 3 is 2.26 bits per heavy atom. The second kappa shape index (κ2) is 7.25. The van der Waals surface area contributed by atoms with Crippen LogP contribution in [0.4, 0.5) is 0 Å². The summed E-state index contributed by atoms with van der Waals surface area (Å²) in [5.74, 6) is 5.72. The lowest BCUT2D eigenvalue weighted by molar-refractivity contribution is -0.0356. The van der Waals surface area contributed by atoms with E-state index >= 15 is 0 Å². The van der Waals surface area contributed by atoms with Crippen LogP contribution in [0.1, 0.15) is 33.3 Å². The first-order valence-electron chi connectivity index (χ1n) is 6.70. The van der Waals surface area contributed by atoms with Crippen LogP contribution in [0.3, 0.4) is 0 Å². The molecule has 3 N–H and O–H groups in total. The molecule has 0 amide bonds. The van der Waals surface area contributed by atoms with Crippen LogP contribution >= 0.6 is 11.6 Å². The number of hydrogen-bond acceptors (Lipinski definition) is 3. The normalized spacial score (nSPS) is 15.3. The van der Waals surface area contributed by atoms with Crippen LogP contribution in [-0.4, -0.2) is 18.8 Å². The molecule has 0 saturated heterocycles. The second-order valence-corrected chi connectivity index (χ2v) is 6.28. The summed E-state index contributed by atoms with van der Waals surface area (Å²) in [5, 5.41) is 0.748. The van der Waals surface area contributed by atoms with Gasteiger partial charge >= 0.3 is 0 Å². The molecule has 3 nitrogen and oxygen atoms in total. The molecule has 0 radical (unpaired) electrons. The van der Waals surface area contributed by atoms with Crippen molar-refractivity contribution < 1.29 is 4.74 Å². The third-order valence-corrected chi connectivity index (χ3v) is 3.40. The summed E-state index contributed by atoms with van der Waals surface area (Å²) >= 11 is 5.90. The third-order valence-electron chi connectivity index (χ3n) is 3.15. The fourth-order valence-electron chi connectivity index (χ4n) is 2.28. The fourth-order valence-corrected chi connectivity index (χ4v) is 2.40. The van der Waals surface area contributed by atoms with Gasteiger partial charge in [0.2, 0.25) is 0 Å². The van der Waals surface area contributed by atoms with Crippen LogP contribution in [0.15, 0.2) is 24.3 Å². The summed E-state index contributed by atoms with van der Waals surface area (Å²) in [6, 6.07) is 7.92. The van der Waals surface area contributed by atoms with E-state index in [4.69, 9.17) is 22.2 Å². The van der Waals surface area contributed by atoms with Gasteiger partial charge in [0, 0.05) is 11.6 Å². The van der Waals surface area contributed by atoms with Crippen molar-refractivity contribution in [2.75, 3.05) is 6.61 Å². The van der Waals surface area contributed by atoms with E-state index in [9.17, 15) is 0 Å². The first-order valence-corrected chi connectivity index (χ1v) is 7.08. The minimum atomic E-state index is 0.0273. The van der Waals surface area contributed by atoms with E-state index in [1.54, 1.807) is 0 Å². The molecule has 0 saturated carbocycles. The predicted octanol–water partition coefficient (Wildman–Crippen LogP) is 3.17. The summed E-state index contributed by atoms with van der Waals surface area (Å²) < 4.78 is 5.89. The quantitative estimate of drug-likeness (QED) is 0.623. The van der Waals surface area contributed by atoms with Gasteiger partial charge in [-0.25, -0.2) is 0 Å². The van der Waals surface area contributed by atoms with E-state index in [-0.39, 0.29) is 17.6 Å². The van der Waals surface area contributed by atoms with Gasteiger partial charge in [0.05, 0.1) is 12.1 Å². The molecule has 0 heterocycles. The zero-order valence-electron chi connectivity index (χ0n) is 12.2. The molecule has 19 heavy (non-hydrogen) atoms. The van der Waals surface area contributed by atoms with E-state index in [2.05, 4.69) is 26.2 Å². The Hall–Kier alpha value is -0.610. The van der Waals surface area contributed by atoms with E-state index in [0.29, 0.717) is 6.61 Å². The van der Waals surface area contributed by atoms with Gasteiger partial charge in [-0.2, -0.15) is 0 Å². The molecule has 0 aliphatic heterocycles. The molecular weight excluding hydrogens is 260 g/mol. The number of rotatable bonds is 6. The molecule has 4 heteroatoms. The molecule has 0 spiro atoms. The molecule has 1 aromatic carbocycles. The first kappa shape index (κ1) is 16.4. The Labute approximate surface area is 121 Å². The van der Waals surface area contributed by atoms with Gasteiger partial charge in [-0.1, -0.05) is 44.5 Å². The third kappa shape index (κ3) is 5.11. The van der Waals surface area contributed by atoms with Crippen LogP contribution in [0.25, 0.3) is 0 Å². The highest BCUT2D eigenvalue weighted by Crippen LogP contribution is 2.26. The van der Waals surface area contributed by atoms with Crippen molar-refractivity contribution in [1.82, 2.24) is 5.43 Å². The highest BCUT2D eigenvalue weighted by Gasteiger charge is 2.32. The highest BCUT2D eigenvalue weighted by molar-refractivity contribution is 6.30. The van der Waals surface area contributed by atoms with Crippen molar-refractivity contribution >= 4 is 11.6 Å². The van der Waals surface area contributed by atoms with Crippen LogP contribution < -0.4 is 11.3 Å².